The van der Waals surface area contributed by atoms with E-state index in [0.29, 0.717) is 16.9 Å². The smallest absolute Gasteiger partial charge is 0.277 e. The number of benzene rings is 3. The molecule has 0 spiro atoms. The van der Waals surface area contributed by atoms with Gasteiger partial charge >= 0.3 is 0 Å². The van der Waals surface area contributed by atoms with Gasteiger partial charge in [0.2, 0.25) is 5.89 Å². The highest BCUT2D eigenvalue weighted by atomic mass is 32.2. The first kappa shape index (κ1) is 22.7. The summed E-state index contributed by atoms with van der Waals surface area (Å²) in [6.07, 6.45) is 0.971. The monoisotopic (exact) mass is 498 g/mol. The maximum atomic E-state index is 5.88. The van der Waals surface area contributed by atoms with Crippen LogP contribution in [-0.4, -0.2) is 35.9 Å². The molecule has 2 N–H and O–H groups in total. The van der Waals surface area contributed by atoms with Crippen LogP contribution >= 0.6 is 11.8 Å². The number of methoxy groups -OCH3 is 2. The van der Waals surface area contributed by atoms with Crippen molar-refractivity contribution in [2.75, 3.05) is 20.8 Å². The minimum Gasteiger partial charge on any atom is -0.497 e. The Hall–Kier alpha value is -3.75. The summed E-state index contributed by atoms with van der Waals surface area (Å²) in [6.45, 7) is 0.905. The predicted octanol–water partition coefficient (Wildman–Crippen LogP) is 5.76. The number of ether oxygens (including phenoxy) is 2. The van der Waals surface area contributed by atoms with Crippen molar-refractivity contribution in [1.29, 1.82) is 0 Å². The maximum absolute atomic E-state index is 5.88. The lowest BCUT2D eigenvalue weighted by Gasteiger charge is -2.25. The van der Waals surface area contributed by atoms with Gasteiger partial charge in [0.25, 0.3) is 5.22 Å². The SMILES string of the molecule is COc1ccc2[nH]c3c(c2c1)CCN[C@H]3c1ccc(OC)c(CSc2nnc(-c3ccccc3)o2)c1. The van der Waals surface area contributed by atoms with Gasteiger partial charge in [0.05, 0.1) is 20.3 Å². The van der Waals surface area contributed by atoms with E-state index < -0.39 is 0 Å². The molecule has 6 rings (SSSR count). The van der Waals surface area contributed by atoms with Gasteiger partial charge in [-0.25, -0.2) is 0 Å². The number of nitrogens with zero attached hydrogens (tertiary/aromatic N) is 2. The van der Waals surface area contributed by atoms with E-state index in [4.69, 9.17) is 13.9 Å². The van der Waals surface area contributed by atoms with Gasteiger partial charge in [-0.15, -0.1) is 10.2 Å². The molecule has 0 radical (unpaired) electrons. The van der Waals surface area contributed by atoms with Gasteiger partial charge in [-0.3, -0.25) is 0 Å². The maximum Gasteiger partial charge on any atom is 0.277 e. The van der Waals surface area contributed by atoms with Crippen LogP contribution in [0.4, 0.5) is 0 Å². The second kappa shape index (κ2) is 9.72. The number of fused-ring (bicyclic) bond motifs is 3. The van der Waals surface area contributed by atoms with Crippen molar-refractivity contribution in [3.05, 3.63) is 89.1 Å². The molecule has 36 heavy (non-hydrogen) atoms. The summed E-state index contributed by atoms with van der Waals surface area (Å²) in [6, 6.07) is 22.4. The predicted molar refractivity (Wildman–Crippen MR) is 141 cm³/mol. The summed E-state index contributed by atoms with van der Waals surface area (Å²) in [4.78, 5) is 3.65. The van der Waals surface area contributed by atoms with Gasteiger partial charge in [0.15, 0.2) is 0 Å². The standard InChI is InChI=1S/C28H26N4O3S/c1-33-20-9-10-23-22(15-20)21-12-13-29-25(26(21)30-23)18-8-11-24(34-2)19(14-18)16-36-28-32-31-27(35-28)17-6-4-3-5-7-17/h3-11,14-15,25,29-30H,12-13,16H2,1-2H3/t25-/m0/s1. The van der Waals surface area contributed by atoms with E-state index in [0.717, 1.165) is 41.1 Å². The first-order chi connectivity index (χ1) is 17.7. The quantitative estimate of drug-likeness (QED) is 0.276. The van der Waals surface area contributed by atoms with Crippen molar-refractivity contribution >= 4 is 22.7 Å². The minimum absolute atomic E-state index is 0.0647. The summed E-state index contributed by atoms with van der Waals surface area (Å²) >= 11 is 1.51. The molecule has 0 amide bonds. The van der Waals surface area contributed by atoms with Crippen molar-refractivity contribution in [3.63, 3.8) is 0 Å². The molecule has 182 valence electrons. The van der Waals surface area contributed by atoms with Crippen LogP contribution in [-0.2, 0) is 12.2 Å². The number of rotatable bonds is 7. The van der Waals surface area contributed by atoms with E-state index in [1.165, 1.54) is 34.0 Å². The van der Waals surface area contributed by atoms with Crippen molar-refractivity contribution in [2.45, 2.75) is 23.4 Å². The Morgan fingerprint density at radius 2 is 1.89 bits per heavy atom. The van der Waals surface area contributed by atoms with Crippen LogP contribution in [0.3, 0.4) is 0 Å². The molecule has 0 saturated heterocycles. The minimum atomic E-state index is 0.0647. The molecule has 0 bridgehead atoms. The fourth-order valence-corrected chi connectivity index (χ4v) is 5.56. The highest BCUT2D eigenvalue weighted by Gasteiger charge is 2.26. The van der Waals surface area contributed by atoms with Gasteiger partial charge in [0, 0.05) is 40.0 Å². The number of aromatic amines is 1. The molecule has 0 saturated carbocycles. The molecule has 1 aliphatic heterocycles. The third-order valence-electron chi connectivity index (χ3n) is 6.57. The average molecular weight is 499 g/mol. The lowest BCUT2D eigenvalue weighted by atomic mass is 9.93. The molecule has 2 aromatic heterocycles. The molecule has 1 atom stereocenters. The summed E-state index contributed by atoms with van der Waals surface area (Å²) < 4.78 is 17.0. The number of thioether (sulfide) groups is 1. The molecular formula is C28H26N4O3S. The molecule has 7 nitrogen and oxygen atoms in total. The highest BCUT2D eigenvalue weighted by molar-refractivity contribution is 7.98. The molecule has 3 aromatic carbocycles. The van der Waals surface area contributed by atoms with Crippen LogP contribution in [0.1, 0.15) is 28.4 Å². The van der Waals surface area contributed by atoms with E-state index in [1.54, 1.807) is 14.2 Å². The van der Waals surface area contributed by atoms with E-state index >= 15 is 0 Å². The number of hydrogen-bond acceptors (Lipinski definition) is 7. The molecule has 0 aliphatic carbocycles. The van der Waals surface area contributed by atoms with Gasteiger partial charge in [0.1, 0.15) is 11.5 Å². The zero-order valence-electron chi connectivity index (χ0n) is 20.1. The number of nitrogens with one attached hydrogen (secondary N) is 2. The Kier molecular flexibility index (Phi) is 6.13. The van der Waals surface area contributed by atoms with E-state index in [9.17, 15) is 0 Å². The van der Waals surface area contributed by atoms with Crippen LogP contribution in [0.5, 0.6) is 11.5 Å². The van der Waals surface area contributed by atoms with Crippen molar-refractivity contribution < 1.29 is 13.9 Å². The normalized spacial score (nSPS) is 15.1. The van der Waals surface area contributed by atoms with E-state index in [2.05, 4.69) is 44.8 Å². The Morgan fingerprint density at radius 1 is 1.00 bits per heavy atom. The molecule has 8 heteroatoms. The largest absolute Gasteiger partial charge is 0.497 e. The fourth-order valence-electron chi connectivity index (χ4n) is 4.81. The summed E-state index contributed by atoms with van der Waals surface area (Å²) in [5.74, 6) is 2.89. The van der Waals surface area contributed by atoms with Crippen LogP contribution < -0.4 is 14.8 Å². The van der Waals surface area contributed by atoms with Gasteiger partial charge in [-0.05, 0) is 60.0 Å². The summed E-state index contributed by atoms with van der Waals surface area (Å²) in [5.41, 5.74) is 6.85. The first-order valence-corrected chi connectivity index (χ1v) is 12.8. The Bertz CT molecular complexity index is 1510. The number of H-pyrrole nitrogens is 1. The fraction of sp³-hybridized carbons (Fsp3) is 0.214. The van der Waals surface area contributed by atoms with Crippen LogP contribution in [0.15, 0.2) is 76.4 Å². The van der Waals surface area contributed by atoms with Gasteiger partial charge < -0.3 is 24.2 Å². The zero-order valence-corrected chi connectivity index (χ0v) is 20.9. The topological polar surface area (TPSA) is 85.2 Å². The van der Waals surface area contributed by atoms with Crippen LogP contribution in [0.2, 0.25) is 0 Å². The van der Waals surface area contributed by atoms with E-state index in [1.807, 2.05) is 42.5 Å². The Labute approximate surface area is 213 Å². The third-order valence-corrected chi connectivity index (χ3v) is 7.44. The Morgan fingerprint density at radius 3 is 2.72 bits per heavy atom. The lowest BCUT2D eigenvalue weighted by molar-refractivity contribution is 0.410. The molecule has 3 heterocycles. The van der Waals surface area contributed by atoms with Crippen molar-refractivity contribution in [1.82, 2.24) is 20.5 Å². The Balaban J connectivity index is 1.27. The van der Waals surface area contributed by atoms with Gasteiger partial charge in [-0.1, -0.05) is 36.0 Å². The average Bonchev–Trinajstić information content (AvgIpc) is 3.56. The number of aromatic nitrogens is 3. The second-order valence-electron chi connectivity index (χ2n) is 8.66. The molecule has 0 unspecified atom stereocenters. The van der Waals surface area contributed by atoms with Crippen LogP contribution in [0, 0.1) is 0 Å². The first-order valence-electron chi connectivity index (χ1n) is 11.8. The second-order valence-corrected chi connectivity index (χ2v) is 9.59. The number of hydrogen-bond donors (Lipinski definition) is 2. The van der Waals surface area contributed by atoms with Crippen molar-refractivity contribution in [3.8, 4) is 23.0 Å². The van der Waals surface area contributed by atoms with E-state index in [-0.39, 0.29) is 6.04 Å². The molecule has 0 fully saturated rings. The van der Waals surface area contributed by atoms with Gasteiger partial charge in [-0.2, -0.15) is 0 Å². The highest BCUT2D eigenvalue weighted by Crippen LogP contribution is 2.37. The van der Waals surface area contributed by atoms with Crippen molar-refractivity contribution in [2.24, 2.45) is 0 Å². The molecule has 5 aromatic rings. The lowest BCUT2D eigenvalue weighted by Crippen LogP contribution is -2.30. The van der Waals surface area contributed by atoms with Crippen LogP contribution in [0.25, 0.3) is 22.4 Å². The summed E-state index contributed by atoms with van der Waals surface area (Å²) in [7, 11) is 3.41. The third kappa shape index (κ3) is 4.23. The zero-order chi connectivity index (χ0) is 24.5. The molecular weight excluding hydrogens is 472 g/mol. The molecule has 1 aliphatic rings. The summed E-state index contributed by atoms with van der Waals surface area (Å²) in [5, 5.41) is 13.9.